The summed E-state index contributed by atoms with van der Waals surface area (Å²) in [5.41, 5.74) is 1.04. The molecule has 4 nitrogen and oxygen atoms in total. The Kier molecular flexibility index (Phi) is 4.38. The van der Waals surface area contributed by atoms with E-state index >= 15 is 0 Å². The van der Waals surface area contributed by atoms with E-state index in [-0.39, 0.29) is 5.78 Å². The zero-order chi connectivity index (χ0) is 14.8. The molecule has 1 heterocycles. The highest BCUT2D eigenvalue weighted by atomic mass is 79.9. The molecule has 1 aromatic heterocycles. The Bertz CT molecular complexity index is 583. The van der Waals surface area contributed by atoms with Crippen LogP contribution in [-0.4, -0.2) is 20.8 Å². The number of ketones is 1. The van der Waals surface area contributed by atoms with Crippen molar-refractivity contribution in [2.24, 2.45) is 7.05 Å². The van der Waals surface area contributed by atoms with Crippen LogP contribution >= 0.6 is 15.9 Å². The van der Waals surface area contributed by atoms with Gasteiger partial charge in [-0.3, -0.25) is 4.79 Å². The molecular weight excluding hydrogens is 318 g/mol. The van der Waals surface area contributed by atoms with Crippen LogP contribution in [0.3, 0.4) is 0 Å². The van der Waals surface area contributed by atoms with Crippen molar-refractivity contribution in [1.29, 1.82) is 0 Å². The van der Waals surface area contributed by atoms with Crippen LogP contribution in [-0.2, 0) is 12.5 Å². The second-order valence-electron chi connectivity index (χ2n) is 4.84. The summed E-state index contributed by atoms with van der Waals surface area (Å²) in [6, 6.07) is 9.94. The largest absolute Gasteiger partial charge is 0.291 e. The first-order valence-electron chi connectivity index (χ1n) is 6.72. The van der Waals surface area contributed by atoms with Crippen LogP contribution in [0.15, 0.2) is 34.9 Å². The summed E-state index contributed by atoms with van der Waals surface area (Å²) in [5, 5.41) is 7.83. The Morgan fingerprint density at radius 3 is 2.30 bits per heavy atom. The molecule has 0 bridgehead atoms. The first kappa shape index (κ1) is 14.9. The van der Waals surface area contributed by atoms with Gasteiger partial charge in [-0.2, -0.15) is 0 Å². The van der Waals surface area contributed by atoms with Gasteiger partial charge in [0.25, 0.3) is 0 Å². The summed E-state index contributed by atoms with van der Waals surface area (Å²) in [6.07, 6.45) is 1.48. The molecule has 0 N–H and O–H groups in total. The monoisotopic (exact) mass is 335 g/mol. The second kappa shape index (κ2) is 5.87. The van der Waals surface area contributed by atoms with Gasteiger partial charge in [-0.15, -0.1) is 5.10 Å². The van der Waals surface area contributed by atoms with Gasteiger partial charge >= 0.3 is 0 Å². The summed E-state index contributed by atoms with van der Waals surface area (Å²) in [4.78, 5) is 13.1. The third-order valence-corrected chi connectivity index (χ3v) is 4.50. The molecule has 2 rings (SSSR count). The van der Waals surface area contributed by atoms with E-state index in [1.165, 1.54) is 4.68 Å². The van der Waals surface area contributed by atoms with Crippen molar-refractivity contribution in [1.82, 2.24) is 15.0 Å². The van der Waals surface area contributed by atoms with Gasteiger partial charge in [-0.25, -0.2) is 4.68 Å². The maximum absolute atomic E-state index is 13.1. The van der Waals surface area contributed by atoms with Crippen molar-refractivity contribution in [2.75, 3.05) is 0 Å². The molecule has 0 saturated carbocycles. The molecule has 106 valence electrons. The Labute approximate surface area is 127 Å². The second-order valence-corrected chi connectivity index (χ2v) is 5.59. The molecule has 0 unspecified atom stereocenters. The van der Waals surface area contributed by atoms with Crippen molar-refractivity contribution in [3.63, 3.8) is 0 Å². The summed E-state index contributed by atoms with van der Waals surface area (Å²) in [7, 11) is 1.74. The van der Waals surface area contributed by atoms with E-state index in [0.717, 1.165) is 18.4 Å². The molecular formula is C15H18BrN3O. The highest BCUT2D eigenvalue weighted by molar-refractivity contribution is 9.10. The zero-order valence-electron chi connectivity index (χ0n) is 11.9. The summed E-state index contributed by atoms with van der Waals surface area (Å²) >= 11 is 3.33. The van der Waals surface area contributed by atoms with Crippen LogP contribution in [0.4, 0.5) is 0 Å². The lowest BCUT2D eigenvalue weighted by Crippen LogP contribution is -2.36. The van der Waals surface area contributed by atoms with Gasteiger partial charge < -0.3 is 0 Å². The van der Waals surface area contributed by atoms with E-state index in [1.807, 2.05) is 44.2 Å². The number of hydrogen-bond donors (Lipinski definition) is 0. The third-order valence-electron chi connectivity index (χ3n) is 3.97. The predicted octanol–water partition coefficient (Wildman–Crippen LogP) is 3.52. The molecule has 0 aliphatic rings. The normalized spacial score (nSPS) is 11.6. The van der Waals surface area contributed by atoms with Crippen LogP contribution in [0.25, 0.3) is 0 Å². The Morgan fingerprint density at radius 1 is 1.25 bits per heavy atom. The van der Waals surface area contributed by atoms with Gasteiger partial charge in [0.05, 0.1) is 5.41 Å². The molecule has 0 saturated heterocycles. The molecule has 0 spiro atoms. The van der Waals surface area contributed by atoms with Crippen LogP contribution in [0.5, 0.6) is 0 Å². The molecule has 0 aliphatic carbocycles. The molecule has 5 heteroatoms. The van der Waals surface area contributed by atoms with Crippen molar-refractivity contribution in [3.05, 3.63) is 46.2 Å². The lowest BCUT2D eigenvalue weighted by molar-refractivity contribution is 0.0862. The highest BCUT2D eigenvalue weighted by Crippen LogP contribution is 2.36. The van der Waals surface area contributed by atoms with Crippen molar-refractivity contribution >= 4 is 21.7 Å². The van der Waals surface area contributed by atoms with E-state index in [0.29, 0.717) is 10.3 Å². The number of Topliss-reactive ketones (excluding diaryl/α,β-unsaturated/α-hetero) is 1. The summed E-state index contributed by atoms with van der Waals surface area (Å²) < 4.78 is 2.04. The van der Waals surface area contributed by atoms with E-state index in [2.05, 4.69) is 26.2 Å². The van der Waals surface area contributed by atoms with Crippen LogP contribution in [0.2, 0.25) is 0 Å². The number of nitrogens with zero attached hydrogens (tertiary/aromatic N) is 3. The summed E-state index contributed by atoms with van der Waals surface area (Å²) in [5.74, 6) is 0.0630. The third kappa shape index (κ3) is 2.30. The lowest BCUT2D eigenvalue weighted by atomic mass is 9.71. The van der Waals surface area contributed by atoms with E-state index < -0.39 is 5.41 Å². The SMILES string of the molecule is CCC(CC)(C(=O)c1c(Br)nnn1C)c1ccccc1. The molecule has 1 aromatic carbocycles. The van der Waals surface area contributed by atoms with Crippen molar-refractivity contribution in [3.8, 4) is 0 Å². The molecule has 2 aromatic rings. The first-order valence-corrected chi connectivity index (χ1v) is 7.51. The Hall–Kier alpha value is -1.49. The molecule has 0 aliphatic heterocycles. The molecule has 0 radical (unpaired) electrons. The van der Waals surface area contributed by atoms with Crippen molar-refractivity contribution in [2.45, 2.75) is 32.1 Å². The smallest absolute Gasteiger partial charge is 0.194 e. The Balaban J connectivity index is 2.57. The number of carbonyl (C=O) groups is 1. The standard InChI is InChI=1S/C15H18BrN3O/c1-4-15(5-2,11-9-7-6-8-10-11)13(20)12-14(16)17-18-19(12)3/h6-10H,4-5H2,1-3H3. The number of benzene rings is 1. The number of halogens is 1. The minimum Gasteiger partial charge on any atom is -0.291 e. The minimum atomic E-state index is -0.529. The minimum absolute atomic E-state index is 0.0630. The fraction of sp³-hybridized carbons (Fsp3) is 0.400. The van der Waals surface area contributed by atoms with Crippen LogP contribution < -0.4 is 0 Å². The fourth-order valence-electron chi connectivity index (χ4n) is 2.67. The average molecular weight is 336 g/mol. The molecule has 0 fully saturated rings. The Morgan fingerprint density at radius 2 is 1.85 bits per heavy atom. The van der Waals surface area contributed by atoms with Gasteiger partial charge in [0, 0.05) is 7.05 Å². The van der Waals surface area contributed by atoms with Crippen LogP contribution in [0.1, 0.15) is 42.7 Å². The molecule has 20 heavy (non-hydrogen) atoms. The number of carbonyl (C=O) groups excluding carboxylic acids is 1. The topological polar surface area (TPSA) is 47.8 Å². The number of rotatable bonds is 5. The predicted molar refractivity (Wildman–Crippen MR) is 81.7 cm³/mol. The van der Waals surface area contributed by atoms with Gasteiger partial charge in [-0.1, -0.05) is 49.4 Å². The van der Waals surface area contributed by atoms with E-state index in [4.69, 9.17) is 0 Å². The van der Waals surface area contributed by atoms with Crippen molar-refractivity contribution < 1.29 is 4.79 Å². The average Bonchev–Trinajstić information content (AvgIpc) is 2.81. The van der Waals surface area contributed by atoms with Gasteiger partial charge in [0.2, 0.25) is 0 Å². The maximum Gasteiger partial charge on any atom is 0.194 e. The van der Waals surface area contributed by atoms with Crippen LogP contribution in [0, 0.1) is 0 Å². The molecule has 0 amide bonds. The van der Waals surface area contributed by atoms with E-state index in [1.54, 1.807) is 7.05 Å². The fourth-order valence-corrected chi connectivity index (χ4v) is 3.17. The number of aromatic nitrogens is 3. The summed E-state index contributed by atoms with van der Waals surface area (Å²) in [6.45, 7) is 4.10. The first-order chi connectivity index (χ1) is 9.56. The van der Waals surface area contributed by atoms with Gasteiger partial charge in [0.1, 0.15) is 5.69 Å². The zero-order valence-corrected chi connectivity index (χ0v) is 13.5. The van der Waals surface area contributed by atoms with Gasteiger partial charge in [-0.05, 0) is 34.3 Å². The maximum atomic E-state index is 13.1. The number of aryl methyl sites for hydroxylation is 1. The number of hydrogen-bond acceptors (Lipinski definition) is 3. The highest BCUT2D eigenvalue weighted by Gasteiger charge is 2.39. The molecule has 0 atom stereocenters. The van der Waals surface area contributed by atoms with E-state index in [9.17, 15) is 4.79 Å². The quantitative estimate of drug-likeness (QED) is 0.785. The lowest BCUT2D eigenvalue weighted by Gasteiger charge is -2.30. The van der Waals surface area contributed by atoms with Gasteiger partial charge in [0.15, 0.2) is 10.4 Å².